The Morgan fingerprint density at radius 1 is 1.00 bits per heavy atom. The third kappa shape index (κ3) is 9.97. The fourth-order valence-electron chi connectivity index (χ4n) is 2.58. The molecular weight excluding hydrogens is 398 g/mol. The third-order valence-electron chi connectivity index (χ3n) is 4.29. The summed E-state index contributed by atoms with van der Waals surface area (Å²) in [5.41, 5.74) is 1.72. The largest absolute Gasteiger partial charge is 0.492 e. The van der Waals surface area contributed by atoms with Gasteiger partial charge in [0.2, 0.25) is 11.8 Å². The van der Waals surface area contributed by atoms with Gasteiger partial charge in [-0.1, -0.05) is 19.1 Å². The van der Waals surface area contributed by atoms with Crippen molar-refractivity contribution < 1.29 is 24.2 Å². The number of nitrogens with one attached hydrogen (secondary N) is 3. The molecule has 8 nitrogen and oxygen atoms in total. The average molecular weight is 430 g/mol. The summed E-state index contributed by atoms with van der Waals surface area (Å²) in [6, 6.07) is 14.6. The lowest BCUT2D eigenvalue weighted by atomic mass is 10.2. The predicted octanol–water partition coefficient (Wildman–Crippen LogP) is 2.08. The number of carbonyl (C=O) groups excluding carboxylic acids is 2. The monoisotopic (exact) mass is 429 g/mol. The van der Waals surface area contributed by atoms with Crippen molar-refractivity contribution in [3.8, 4) is 11.5 Å². The van der Waals surface area contributed by atoms with Gasteiger partial charge in [-0.05, 0) is 42.0 Å². The highest BCUT2D eigenvalue weighted by Gasteiger charge is 2.06. The molecule has 0 bridgehead atoms. The molecule has 0 spiro atoms. The van der Waals surface area contributed by atoms with Gasteiger partial charge in [-0.2, -0.15) is 0 Å². The number of carbonyl (C=O) groups is 2. The number of hydrogen-bond acceptors (Lipinski definition) is 6. The van der Waals surface area contributed by atoms with E-state index in [1.165, 1.54) is 6.92 Å². The van der Waals surface area contributed by atoms with E-state index in [0.717, 1.165) is 11.3 Å². The molecule has 0 radical (unpaired) electrons. The summed E-state index contributed by atoms with van der Waals surface area (Å²) in [5.74, 6) is 1.27. The van der Waals surface area contributed by atoms with Crippen LogP contribution in [0.1, 0.15) is 25.8 Å². The molecule has 2 amide bonds. The van der Waals surface area contributed by atoms with Gasteiger partial charge in [-0.15, -0.1) is 0 Å². The minimum Gasteiger partial charge on any atom is -0.492 e. The van der Waals surface area contributed by atoms with Gasteiger partial charge in [0.05, 0.1) is 0 Å². The Morgan fingerprint density at radius 3 is 2.29 bits per heavy atom. The van der Waals surface area contributed by atoms with E-state index in [4.69, 9.17) is 9.47 Å². The third-order valence-corrected chi connectivity index (χ3v) is 4.29. The van der Waals surface area contributed by atoms with Crippen LogP contribution in [0, 0.1) is 0 Å². The molecule has 0 aliphatic carbocycles. The van der Waals surface area contributed by atoms with E-state index >= 15 is 0 Å². The summed E-state index contributed by atoms with van der Waals surface area (Å²) in [5, 5.41) is 18.7. The molecule has 0 aliphatic heterocycles. The van der Waals surface area contributed by atoms with Crippen molar-refractivity contribution in [2.75, 3.05) is 31.6 Å². The molecule has 0 saturated heterocycles. The number of aliphatic hydroxyl groups is 1. The Kier molecular flexibility index (Phi) is 10.3. The molecule has 0 fully saturated rings. The highest BCUT2D eigenvalue weighted by molar-refractivity contribution is 5.90. The zero-order chi connectivity index (χ0) is 22.5. The summed E-state index contributed by atoms with van der Waals surface area (Å²) in [6.45, 7) is 5.33. The van der Waals surface area contributed by atoms with Crippen LogP contribution >= 0.6 is 0 Å². The average Bonchev–Trinajstić information content (AvgIpc) is 2.77. The Balaban J connectivity index is 1.57. The van der Waals surface area contributed by atoms with E-state index in [-0.39, 0.29) is 18.4 Å². The first-order valence-corrected chi connectivity index (χ1v) is 10.3. The molecule has 0 heterocycles. The van der Waals surface area contributed by atoms with Gasteiger partial charge in [0.15, 0.2) is 0 Å². The number of ether oxygens (including phenoxy) is 2. The number of anilines is 1. The standard InChI is InChI=1S/C23H31N3O5/c1-3-23(29)26-19-6-10-21(11-7-19)30-13-12-24-15-20(28)16-31-22-8-4-18(5-9-22)14-25-17(2)27/h4-11,20,24,28H,3,12-16H2,1-2H3,(H,25,27)(H,26,29). The molecule has 8 heteroatoms. The van der Waals surface area contributed by atoms with Crippen LogP contribution in [0.5, 0.6) is 11.5 Å². The molecule has 1 unspecified atom stereocenters. The van der Waals surface area contributed by atoms with Crippen LogP contribution in [0.3, 0.4) is 0 Å². The topological polar surface area (TPSA) is 109 Å². The van der Waals surface area contributed by atoms with E-state index in [1.807, 2.05) is 24.3 Å². The van der Waals surface area contributed by atoms with Crippen LogP contribution in [-0.2, 0) is 16.1 Å². The van der Waals surface area contributed by atoms with Crippen LogP contribution in [0.25, 0.3) is 0 Å². The lowest BCUT2D eigenvalue weighted by molar-refractivity contribution is -0.119. The first-order chi connectivity index (χ1) is 15.0. The van der Waals surface area contributed by atoms with Crippen molar-refractivity contribution in [3.63, 3.8) is 0 Å². The van der Waals surface area contributed by atoms with Crippen molar-refractivity contribution in [2.24, 2.45) is 0 Å². The van der Waals surface area contributed by atoms with Crippen molar-refractivity contribution in [1.29, 1.82) is 0 Å². The maximum Gasteiger partial charge on any atom is 0.224 e. The van der Waals surface area contributed by atoms with Gasteiger partial charge >= 0.3 is 0 Å². The Labute approximate surface area is 182 Å². The van der Waals surface area contributed by atoms with Crippen LogP contribution < -0.4 is 25.4 Å². The molecule has 2 aromatic rings. The fourth-order valence-corrected chi connectivity index (χ4v) is 2.58. The molecular formula is C23H31N3O5. The molecule has 2 rings (SSSR count). The minimum atomic E-state index is -0.652. The smallest absolute Gasteiger partial charge is 0.224 e. The second kappa shape index (κ2) is 13.3. The maximum absolute atomic E-state index is 11.4. The zero-order valence-electron chi connectivity index (χ0n) is 18.0. The summed E-state index contributed by atoms with van der Waals surface area (Å²) in [7, 11) is 0. The van der Waals surface area contributed by atoms with Crippen LogP contribution in [-0.4, -0.2) is 49.3 Å². The molecule has 0 aliphatic rings. The first-order valence-electron chi connectivity index (χ1n) is 10.3. The minimum absolute atomic E-state index is 0.0283. The molecule has 31 heavy (non-hydrogen) atoms. The van der Waals surface area contributed by atoms with Crippen molar-refractivity contribution in [2.45, 2.75) is 32.9 Å². The number of amides is 2. The summed E-state index contributed by atoms with van der Waals surface area (Å²) in [4.78, 5) is 22.3. The van der Waals surface area contributed by atoms with Crippen molar-refractivity contribution in [3.05, 3.63) is 54.1 Å². The van der Waals surface area contributed by atoms with Crippen molar-refractivity contribution >= 4 is 17.5 Å². The van der Waals surface area contributed by atoms with Crippen LogP contribution in [0.4, 0.5) is 5.69 Å². The summed E-state index contributed by atoms with van der Waals surface area (Å²) >= 11 is 0. The van der Waals surface area contributed by atoms with E-state index in [2.05, 4.69) is 16.0 Å². The normalized spacial score (nSPS) is 11.5. The van der Waals surface area contributed by atoms with Gasteiger partial charge in [-0.3, -0.25) is 9.59 Å². The number of benzene rings is 2. The highest BCUT2D eigenvalue weighted by Crippen LogP contribution is 2.15. The number of hydrogen-bond donors (Lipinski definition) is 4. The van der Waals surface area contributed by atoms with Crippen LogP contribution in [0.2, 0.25) is 0 Å². The molecule has 1 atom stereocenters. The SMILES string of the molecule is CCC(=O)Nc1ccc(OCCNCC(O)COc2ccc(CNC(C)=O)cc2)cc1. The van der Waals surface area contributed by atoms with E-state index in [1.54, 1.807) is 31.2 Å². The van der Waals surface area contributed by atoms with Gasteiger partial charge in [0, 0.05) is 38.7 Å². The van der Waals surface area contributed by atoms with E-state index < -0.39 is 6.10 Å². The van der Waals surface area contributed by atoms with E-state index in [9.17, 15) is 14.7 Å². The Bertz CT molecular complexity index is 809. The maximum atomic E-state index is 11.4. The van der Waals surface area contributed by atoms with Gasteiger partial charge < -0.3 is 30.5 Å². The summed E-state index contributed by atoms with van der Waals surface area (Å²) in [6.07, 6.45) is -0.215. The number of rotatable bonds is 13. The van der Waals surface area contributed by atoms with Gasteiger partial charge in [-0.25, -0.2) is 0 Å². The lowest BCUT2D eigenvalue weighted by Crippen LogP contribution is -2.33. The first kappa shape index (κ1) is 24.2. The Hall–Kier alpha value is -3.10. The summed E-state index contributed by atoms with van der Waals surface area (Å²) < 4.78 is 11.2. The molecule has 168 valence electrons. The second-order valence-electron chi connectivity index (χ2n) is 7.00. The predicted molar refractivity (Wildman–Crippen MR) is 119 cm³/mol. The van der Waals surface area contributed by atoms with E-state index in [0.29, 0.717) is 44.2 Å². The van der Waals surface area contributed by atoms with Gasteiger partial charge in [0.25, 0.3) is 0 Å². The molecule has 0 aromatic heterocycles. The quantitative estimate of drug-likeness (QED) is 0.363. The van der Waals surface area contributed by atoms with Crippen LogP contribution in [0.15, 0.2) is 48.5 Å². The number of aliphatic hydroxyl groups excluding tert-OH is 1. The highest BCUT2D eigenvalue weighted by atomic mass is 16.5. The van der Waals surface area contributed by atoms with Gasteiger partial charge in [0.1, 0.15) is 30.8 Å². The fraction of sp³-hybridized carbons (Fsp3) is 0.391. The second-order valence-corrected chi connectivity index (χ2v) is 7.00. The molecule has 2 aromatic carbocycles. The molecule has 0 saturated carbocycles. The molecule has 4 N–H and O–H groups in total. The lowest BCUT2D eigenvalue weighted by Gasteiger charge is -2.14. The van der Waals surface area contributed by atoms with Crippen molar-refractivity contribution in [1.82, 2.24) is 10.6 Å². The Morgan fingerprint density at radius 2 is 1.65 bits per heavy atom. The zero-order valence-corrected chi connectivity index (χ0v) is 18.0.